The van der Waals surface area contributed by atoms with Crippen LogP contribution in [0.25, 0.3) is 0 Å². The molecule has 1 aromatic rings. The zero-order chi connectivity index (χ0) is 18.7. The molecule has 1 aliphatic carbocycles. The van der Waals surface area contributed by atoms with E-state index < -0.39 is 27.3 Å². The molecule has 0 unspecified atom stereocenters. The second-order valence-corrected chi connectivity index (χ2v) is 7.27. The van der Waals surface area contributed by atoms with Crippen LogP contribution in [0, 0.1) is 0 Å². The van der Waals surface area contributed by atoms with Crippen molar-refractivity contribution in [3.05, 3.63) is 29.8 Å². The summed E-state index contributed by atoms with van der Waals surface area (Å²) in [5, 5.41) is 8.58. The highest BCUT2D eigenvalue weighted by atomic mass is 32.2. The molecule has 1 aliphatic rings. The smallest absolute Gasteiger partial charge is 0.480 e. The van der Waals surface area contributed by atoms with Gasteiger partial charge in [-0.05, 0) is 49.3 Å². The summed E-state index contributed by atoms with van der Waals surface area (Å²) in [6.45, 7) is -0.338. The van der Waals surface area contributed by atoms with Crippen LogP contribution in [0.2, 0.25) is 0 Å². The molecule has 0 amide bonds. The highest BCUT2D eigenvalue weighted by Crippen LogP contribution is 2.35. The van der Waals surface area contributed by atoms with Gasteiger partial charge < -0.3 is 14.0 Å². The van der Waals surface area contributed by atoms with Gasteiger partial charge in [0.2, 0.25) is 0 Å². The summed E-state index contributed by atoms with van der Waals surface area (Å²) in [6, 6.07) is 5.44. The topological polar surface area (TPSA) is 89.9 Å². The van der Waals surface area contributed by atoms with Gasteiger partial charge in [0.05, 0.1) is 6.10 Å². The van der Waals surface area contributed by atoms with Crippen LogP contribution < -0.4 is 4.18 Å². The number of aliphatic carboxylic acids is 1. The lowest BCUT2D eigenvalue weighted by Gasteiger charge is -2.28. The van der Waals surface area contributed by atoms with Crippen LogP contribution in [0.5, 0.6) is 5.75 Å². The van der Waals surface area contributed by atoms with Crippen LogP contribution in [0.15, 0.2) is 24.3 Å². The van der Waals surface area contributed by atoms with Gasteiger partial charge in [0.25, 0.3) is 0 Å². The minimum Gasteiger partial charge on any atom is -0.480 e. The Morgan fingerprint density at radius 2 is 1.68 bits per heavy atom. The van der Waals surface area contributed by atoms with Crippen molar-refractivity contribution < 1.29 is 40.4 Å². The number of alkyl halides is 3. The Morgan fingerprint density at radius 1 is 1.12 bits per heavy atom. The Kier molecular flexibility index (Phi) is 5.94. The number of rotatable bonds is 6. The zero-order valence-corrected chi connectivity index (χ0v) is 13.8. The lowest BCUT2D eigenvalue weighted by atomic mass is 9.83. The van der Waals surface area contributed by atoms with Crippen LogP contribution in [0.3, 0.4) is 0 Å². The van der Waals surface area contributed by atoms with Gasteiger partial charge in [-0.15, -0.1) is 0 Å². The molecule has 25 heavy (non-hydrogen) atoms. The molecule has 0 heterocycles. The van der Waals surface area contributed by atoms with Crippen LogP contribution in [-0.2, 0) is 19.6 Å². The first-order chi connectivity index (χ1) is 11.6. The van der Waals surface area contributed by atoms with E-state index in [1.165, 1.54) is 24.3 Å². The van der Waals surface area contributed by atoms with Crippen molar-refractivity contribution in [1.29, 1.82) is 0 Å². The van der Waals surface area contributed by atoms with Crippen LogP contribution >= 0.6 is 0 Å². The largest absolute Gasteiger partial charge is 0.534 e. The van der Waals surface area contributed by atoms with E-state index in [9.17, 15) is 26.4 Å². The molecule has 0 saturated heterocycles. The SMILES string of the molecule is O=C(O)COC1CCC(c2ccc(OS(=O)(=O)C(F)(F)F)cc2)CC1. The highest BCUT2D eigenvalue weighted by Gasteiger charge is 2.48. The van der Waals surface area contributed by atoms with Crippen molar-refractivity contribution in [2.75, 3.05) is 6.61 Å². The Morgan fingerprint density at radius 3 is 2.16 bits per heavy atom. The third kappa shape index (κ3) is 5.33. The van der Waals surface area contributed by atoms with E-state index in [1.807, 2.05) is 0 Å². The number of halogens is 3. The molecule has 0 aliphatic heterocycles. The van der Waals surface area contributed by atoms with Crippen molar-refractivity contribution in [3.63, 3.8) is 0 Å². The van der Waals surface area contributed by atoms with E-state index in [1.54, 1.807) is 0 Å². The van der Waals surface area contributed by atoms with Gasteiger partial charge >= 0.3 is 21.6 Å². The average molecular weight is 382 g/mol. The van der Waals surface area contributed by atoms with E-state index in [0.717, 1.165) is 18.4 Å². The molecule has 2 rings (SSSR count). The summed E-state index contributed by atoms with van der Waals surface area (Å²) in [6.07, 6.45) is 2.72. The summed E-state index contributed by atoms with van der Waals surface area (Å²) < 4.78 is 68.0. The number of benzene rings is 1. The Balaban J connectivity index is 1.92. The van der Waals surface area contributed by atoms with Gasteiger partial charge in [0.15, 0.2) is 0 Å². The Hall–Kier alpha value is -1.81. The molecule has 1 saturated carbocycles. The molecule has 140 valence electrons. The predicted octanol–water partition coefficient (Wildman–Crippen LogP) is 3.04. The van der Waals surface area contributed by atoms with Gasteiger partial charge in [-0.2, -0.15) is 21.6 Å². The summed E-state index contributed by atoms with van der Waals surface area (Å²) in [7, 11) is -5.67. The minimum absolute atomic E-state index is 0.119. The zero-order valence-electron chi connectivity index (χ0n) is 13.0. The van der Waals surface area contributed by atoms with Crippen LogP contribution in [0.1, 0.15) is 37.2 Å². The van der Waals surface area contributed by atoms with E-state index in [0.29, 0.717) is 12.8 Å². The molecular weight excluding hydrogens is 365 g/mol. The summed E-state index contributed by atoms with van der Waals surface area (Å²) in [4.78, 5) is 10.5. The lowest BCUT2D eigenvalue weighted by Crippen LogP contribution is -2.28. The van der Waals surface area contributed by atoms with Crippen molar-refractivity contribution in [2.45, 2.75) is 43.2 Å². The van der Waals surface area contributed by atoms with Crippen molar-refractivity contribution in [2.24, 2.45) is 0 Å². The molecular formula is C15H17F3O6S. The third-order valence-corrected chi connectivity index (χ3v) is 4.94. The molecule has 0 spiro atoms. The van der Waals surface area contributed by atoms with E-state index in [2.05, 4.69) is 4.18 Å². The molecule has 0 atom stereocenters. The molecule has 1 fully saturated rings. The van der Waals surface area contributed by atoms with E-state index >= 15 is 0 Å². The molecule has 1 aromatic carbocycles. The van der Waals surface area contributed by atoms with E-state index in [-0.39, 0.29) is 18.6 Å². The first kappa shape index (κ1) is 19.5. The summed E-state index contributed by atoms with van der Waals surface area (Å²) >= 11 is 0. The highest BCUT2D eigenvalue weighted by molar-refractivity contribution is 7.88. The fourth-order valence-electron chi connectivity index (χ4n) is 2.72. The monoisotopic (exact) mass is 382 g/mol. The maximum absolute atomic E-state index is 12.3. The second kappa shape index (κ2) is 7.61. The maximum atomic E-state index is 12.3. The third-order valence-electron chi connectivity index (χ3n) is 3.96. The summed E-state index contributed by atoms with van der Waals surface area (Å²) in [5.74, 6) is -1.27. The number of hydrogen-bond acceptors (Lipinski definition) is 5. The number of carboxylic acids is 1. The first-order valence-corrected chi connectivity index (χ1v) is 8.93. The Labute approximate surface area is 142 Å². The van der Waals surface area contributed by atoms with Gasteiger partial charge in [-0.1, -0.05) is 12.1 Å². The normalized spacial score (nSPS) is 21.7. The quantitative estimate of drug-likeness (QED) is 0.601. The van der Waals surface area contributed by atoms with Gasteiger partial charge in [-0.3, -0.25) is 0 Å². The molecule has 1 N–H and O–H groups in total. The fraction of sp³-hybridized carbons (Fsp3) is 0.533. The fourth-order valence-corrected chi connectivity index (χ4v) is 3.18. The van der Waals surface area contributed by atoms with Crippen molar-refractivity contribution >= 4 is 16.1 Å². The number of carbonyl (C=O) groups is 1. The average Bonchev–Trinajstić information content (AvgIpc) is 2.53. The predicted molar refractivity (Wildman–Crippen MR) is 80.6 cm³/mol. The van der Waals surface area contributed by atoms with Gasteiger partial charge in [0, 0.05) is 0 Å². The number of hydrogen-bond donors (Lipinski definition) is 1. The lowest BCUT2D eigenvalue weighted by molar-refractivity contribution is -0.145. The molecule has 0 bridgehead atoms. The molecule has 0 radical (unpaired) electrons. The first-order valence-electron chi connectivity index (χ1n) is 7.52. The molecule has 10 heteroatoms. The van der Waals surface area contributed by atoms with Crippen LogP contribution in [0.4, 0.5) is 13.2 Å². The van der Waals surface area contributed by atoms with Gasteiger partial charge in [-0.25, -0.2) is 4.79 Å². The molecule has 6 nitrogen and oxygen atoms in total. The standard InChI is InChI=1S/C15H17F3O6S/c16-15(17,18)25(21,22)24-13-7-3-11(4-8-13)10-1-5-12(6-2-10)23-9-14(19)20/h3-4,7-8,10,12H,1-2,5-6,9H2,(H,19,20). The van der Waals surface area contributed by atoms with E-state index in [4.69, 9.17) is 9.84 Å². The Bertz CT molecular complexity index is 691. The van der Waals surface area contributed by atoms with Gasteiger partial charge in [0.1, 0.15) is 12.4 Å². The minimum atomic E-state index is -5.67. The van der Waals surface area contributed by atoms with Crippen molar-refractivity contribution in [3.8, 4) is 5.75 Å². The molecule has 0 aromatic heterocycles. The van der Waals surface area contributed by atoms with Crippen LogP contribution in [-0.4, -0.2) is 37.7 Å². The number of ether oxygens (including phenoxy) is 1. The number of carboxylic acid groups (broad SMARTS) is 1. The van der Waals surface area contributed by atoms with Crippen molar-refractivity contribution in [1.82, 2.24) is 0 Å². The summed E-state index contributed by atoms with van der Waals surface area (Å²) in [5.41, 5.74) is -4.62. The maximum Gasteiger partial charge on any atom is 0.534 e. The second-order valence-electron chi connectivity index (χ2n) is 5.73.